The SMILES string of the molecule is CC(O)(CN1CC1c1ccccc1)c1ccccc1. The van der Waals surface area contributed by atoms with Gasteiger partial charge in [-0.25, -0.2) is 0 Å². The molecule has 19 heavy (non-hydrogen) atoms. The topological polar surface area (TPSA) is 23.2 Å². The first kappa shape index (κ1) is 12.4. The molecule has 0 aromatic heterocycles. The quantitative estimate of drug-likeness (QED) is 0.847. The Hall–Kier alpha value is -1.64. The van der Waals surface area contributed by atoms with Crippen molar-refractivity contribution in [1.29, 1.82) is 0 Å². The summed E-state index contributed by atoms with van der Waals surface area (Å²) < 4.78 is 0. The molecule has 0 spiro atoms. The maximum atomic E-state index is 10.6. The van der Waals surface area contributed by atoms with Gasteiger partial charge >= 0.3 is 0 Å². The molecule has 98 valence electrons. The molecule has 2 aromatic rings. The van der Waals surface area contributed by atoms with E-state index in [0.29, 0.717) is 12.6 Å². The van der Waals surface area contributed by atoms with Crippen molar-refractivity contribution < 1.29 is 5.11 Å². The number of benzene rings is 2. The number of nitrogens with zero attached hydrogens (tertiary/aromatic N) is 1. The summed E-state index contributed by atoms with van der Waals surface area (Å²) in [6.07, 6.45) is 0. The Morgan fingerprint density at radius 2 is 1.63 bits per heavy atom. The Bertz CT molecular complexity index is 536. The highest BCUT2D eigenvalue weighted by atomic mass is 16.3. The number of hydrogen-bond acceptors (Lipinski definition) is 2. The van der Waals surface area contributed by atoms with Crippen molar-refractivity contribution in [2.75, 3.05) is 13.1 Å². The molecule has 3 atom stereocenters. The van der Waals surface area contributed by atoms with E-state index in [1.807, 2.05) is 43.3 Å². The van der Waals surface area contributed by atoms with Gasteiger partial charge in [0.25, 0.3) is 0 Å². The van der Waals surface area contributed by atoms with Crippen LogP contribution in [0.15, 0.2) is 60.7 Å². The van der Waals surface area contributed by atoms with Gasteiger partial charge in [-0.1, -0.05) is 60.7 Å². The Morgan fingerprint density at radius 3 is 2.26 bits per heavy atom. The molecule has 1 saturated heterocycles. The fraction of sp³-hybridized carbons (Fsp3) is 0.294. The second kappa shape index (κ2) is 4.80. The van der Waals surface area contributed by atoms with Crippen LogP contribution in [0.3, 0.4) is 0 Å². The molecule has 1 N–H and O–H groups in total. The zero-order valence-electron chi connectivity index (χ0n) is 11.2. The minimum absolute atomic E-state index is 0.469. The molecule has 3 unspecified atom stereocenters. The molecule has 1 fully saturated rings. The Balaban J connectivity index is 1.68. The number of β-amino-alcohol motifs (C(OH)–C–C–N with tert-alkyl or cyclic N) is 1. The molecular weight excluding hydrogens is 234 g/mol. The average Bonchev–Trinajstić information content (AvgIpc) is 3.19. The van der Waals surface area contributed by atoms with Crippen molar-refractivity contribution in [2.45, 2.75) is 18.6 Å². The molecule has 2 nitrogen and oxygen atoms in total. The van der Waals surface area contributed by atoms with Crippen molar-refractivity contribution in [1.82, 2.24) is 4.90 Å². The molecule has 0 bridgehead atoms. The first-order valence-electron chi connectivity index (χ1n) is 6.74. The van der Waals surface area contributed by atoms with Gasteiger partial charge in [-0.2, -0.15) is 0 Å². The van der Waals surface area contributed by atoms with Gasteiger partial charge in [0.2, 0.25) is 0 Å². The zero-order chi connectivity index (χ0) is 13.3. The Morgan fingerprint density at radius 1 is 1.05 bits per heavy atom. The van der Waals surface area contributed by atoms with Crippen LogP contribution in [0.4, 0.5) is 0 Å². The van der Waals surface area contributed by atoms with Gasteiger partial charge in [0.05, 0.1) is 5.60 Å². The van der Waals surface area contributed by atoms with Crippen LogP contribution in [0.2, 0.25) is 0 Å². The van der Waals surface area contributed by atoms with Gasteiger partial charge in [0, 0.05) is 19.1 Å². The van der Waals surface area contributed by atoms with Gasteiger partial charge in [0.15, 0.2) is 0 Å². The molecule has 0 amide bonds. The second-order valence-electron chi connectivity index (χ2n) is 5.50. The molecule has 1 aliphatic heterocycles. The van der Waals surface area contributed by atoms with Crippen molar-refractivity contribution in [3.05, 3.63) is 71.8 Å². The normalized spacial score (nSPS) is 24.7. The van der Waals surface area contributed by atoms with E-state index in [1.165, 1.54) is 5.56 Å². The van der Waals surface area contributed by atoms with Crippen LogP contribution in [0.25, 0.3) is 0 Å². The van der Waals surface area contributed by atoms with E-state index in [4.69, 9.17) is 0 Å². The third kappa shape index (κ3) is 2.70. The van der Waals surface area contributed by atoms with Crippen LogP contribution in [0.1, 0.15) is 24.1 Å². The summed E-state index contributed by atoms with van der Waals surface area (Å²) in [6.45, 7) is 3.60. The molecule has 0 radical (unpaired) electrons. The average molecular weight is 253 g/mol. The number of aliphatic hydroxyl groups is 1. The van der Waals surface area contributed by atoms with Gasteiger partial charge < -0.3 is 5.11 Å². The van der Waals surface area contributed by atoms with E-state index in [-0.39, 0.29) is 0 Å². The predicted molar refractivity (Wildman–Crippen MR) is 76.8 cm³/mol. The summed E-state index contributed by atoms with van der Waals surface area (Å²) in [7, 11) is 0. The van der Waals surface area contributed by atoms with Gasteiger partial charge in [-0.05, 0) is 18.1 Å². The van der Waals surface area contributed by atoms with Crippen molar-refractivity contribution in [3.63, 3.8) is 0 Å². The summed E-state index contributed by atoms with van der Waals surface area (Å²) in [5, 5.41) is 10.6. The first-order chi connectivity index (χ1) is 9.17. The van der Waals surface area contributed by atoms with Crippen LogP contribution in [0, 0.1) is 0 Å². The van der Waals surface area contributed by atoms with E-state index in [2.05, 4.69) is 29.2 Å². The largest absolute Gasteiger partial charge is 0.384 e. The highest BCUT2D eigenvalue weighted by Gasteiger charge is 2.40. The van der Waals surface area contributed by atoms with E-state index < -0.39 is 5.60 Å². The van der Waals surface area contributed by atoms with Gasteiger partial charge in [-0.3, -0.25) is 4.90 Å². The lowest BCUT2D eigenvalue weighted by Gasteiger charge is -2.24. The van der Waals surface area contributed by atoms with Crippen molar-refractivity contribution >= 4 is 0 Å². The molecule has 2 heteroatoms. The summed E-state index contributed by atoms with van der Waals surface area (Å²) in [4.78, 5) is 2.31. The monoisotopic (exact) mass is 253 g/mol. The number of hydrogen-bond donors (Lipinski definition) is 1. The highest BCUT2D eigenvalue weighted by Crippen LogP contribution is 2.37. The molecule has 0 aliphatic carbocycles. The van der Waals surface area contributed by atoms with E-state index in [9.17, 15) is 5.11 Å². The summed E-state index contributed by atoms with van der Waals surface area (Å²) >= 11 is 0. The first-order valence-corrected chi connectivity index (χ1v) is 6.74. The highest BCUT2D eigenvalue weighted by molar-refractivity contribution is 5.26. The summed E-state index contributed by atoms with van der Waals surface area (Å²) in [6, 6.07) is 20.9. The maximum absolute atomic E-state index is 10.6. The lowest BCUT2D eigenvalue weighted by atomic mass is 9.96. The van der Waals surface area contributed by atoms with Crippen LogP contribution < -0.4 is 0 Å². The van der Waals surface area contributed by atoms with Gasteiger partial charge in [-0.15, -0.1) is 0 Å². The zero-order valence-corrected chi connectivity index (χ0v) is 11.2. The fourth-order valence-corrected chi connectivity index (χ4v) is 2.63. The Labute approximate surface area is 114 Å². The van der Waals surface area contributed by atoms with Crippen LogP contribution in [-0.4, -0.2) is 23.1 Å². The second-order valence-corrected chi connectivity index (χ2v) is 5.50. The molecule has 2 aromatic carbocycles. The lowest BCUT2D eigenvalue weighted by Crippen LogP contribution is -2.30. The van der Waals surface area contributed by atoms with Crippen LogP contribution in [0.5, 0.6) is 0 Å². The van der Waals surface area contributed by atoms with E-state index >= 15 is 0 Å². The predicted octanol–water partition coefficient (Wildman–Crippen LogP) is 2.95. The summed E-state index contributed by atoms with van der Waals surface area (Å²) in [5.74, 6) is 0. The maximum Gasteiger partial charge on any atom is 0.0995 e. The minimum Gasteiger partial charge on any atom is -0.384 e. The van der Waals surface area contributed by atoms with E-state index in [0.717, 1.165) is 12.1 Å². The molecule has 3 rings (SSSR count). The molecule has 1 aliphatic rings. The van der Waals surface area contributed by atoms with Gasteiger partial charge in [0.1, 0.15) is 0 Å². The molecule has 0 saturated carbocycles. The summed E-state index contributed by atoms with van der Waals surface area (Å²) in [5.41, 5.74) is 1.53. The van der Waals surface area contributed by atoms with E-state index in [1.54, 1.807) is 0 Å². The standard InChI is InChI=1S/C17H19NO/c1-17(19,15-10-6-3-7-11-15)13-18-12-16(18)14-8-4-2-5-9-14/h2-11,16,19H,12-13H2,1H3. The third-order valence-corrected chi connectivity index (χ3v) is 3.81. The fourth-order valence-electron chi connectivity index (χ4n) is 2.63. The van der Waals surface area contributed by atoms with Crippen molar-refractivity contribution in [3.8, 4) is 0 Å². The molecule has 1 heterocycles. The lowest BCUT2D eigenvalue weighted by molar-refractivity contribution is 0.0398. The molecular formula is C17H19NO. The van der Waals surface area contributed by atoms with Crippen molar-refractivity contribution in [2.24, 2.45) is 0 Å². The smallest absolute Gasteiger partial charge is 0.0995 e. The minimum atomic E-state index is -0.787. The van der Waals surface area contributed by atoms with Crippen LogP contribution in [-0.2, 0) is 5.60 Å². The third-order valence-electron chi connectivity index (χ3n) is 3.81. The van der Waals surface area contributed by atoms with Crippen LogP contribution >= 0.6 is 0 Å². The number of rotatable bonds is 4. The Kier molecular flexibility index (Phi) is 3.13.